The summed E-state index contributed by atoms with van der Waals surface area (Å²) in [6.45, 7) is 4.95. The summed E-state index contributed by atoms with van der Waals surface area (Å²) in [7, 11) is 1.52. The van der Waals surface area contributed by atoms with Crippen molar-refractivity contribution < 1.29 is 0 Å². The molecule has 0 saturated heterocycles. The van der Waals surface area contributed by atoms with Crippen LogP contribution in [0.15, 0.2) is 88.7 Å². The van der Waals surface area contributed by atoms with Crippen LogP contribution in [0.5, 0.6) is 0 Å². The van der Waals surface area contributed by atoms with E-state index in [1.807, 2.05) is 73.1 Å². The first-order valence-corrected chi connectivity index (χ1v) is 12.6. The molecule has 0 aliphatic heterocycles. The van der Waals surface area contributed by atoms with Gasteiger partial charge in [0.2, 0.25) is 0 Å². The van der Waals surface area contributed by atoms with Crippen LogP contribution in [0.1, 0.15) is 30.5 Å². The molecule has 0 aliphatic rings. The van der Waals surface area contributed by atoms with Gasteiger partial charge in [-0.1, -0.05) is 68.2 Å². The Morgan fingerprint density at radius 1 is 0.921 bits per heavy atom. The molecule has 0 radical (unpaired) electrons. The van der Waals surface area contributed by atoms with Gasteiger partial charge in [-0.15, -0.1) is 0 Å². The predicted molar refractivity (Wildman–Crippen MR) is 150 cm³/mol. The van der Waals surface area contributed by atoms with E-state index in [9.17, 15) is 9.59 Å². The number of hydrogen-bond donors (Lipinski definition) is 0. The standard InChI is InChI=1S/C31H29N5O2/c1-22(2)20-35-29-27(30(37)34(3)31(35)38)28(26-15-17-32-18-16-26)36(33-29)21-25-14-8-13-24(19-25)12-7-11-23-9-5-4-6-10-23/h4-6,8-10,13-19,22H,11,20-21H2,1-3H3. The van der Waals surface area contributed by atoms with Gasteiger partial charge in [-0.05, 0) is 41.3 Å². The average Bonchev–Trinajstić information content (AvgIpc) is 3.30. The van der Waals surface area contributed by atoms with Crippen molar-refractivity contribution in [2.75, 3.05) is 0 Å². The zero-order chi connectivity index (χ0) is 26.6. The molecule has 0 unspecified atom stereocenters. The molecule has 0 fully saturated rings. The van der Waals surface area contributed by atoms with E-state index in [1.54, 1.807) is 17.0 Å². The third-order valence-corrected chi connectivity index (χ3v) is 6.35. The van der Waals surface area contributed by atoms with Crippen LogP contribution in [0.2, 0.25) is 0 Å². The van der Waals surface area contributed by atoms with E-state index in [4.69, 9.17) is 5.10 Å². The van der Waals surface area contributed by atoms with Crippen molar-refractivity contribution in [1.29, 1.82) is 0 Å². The van der Waals surface area contributed by atoms with Crippen molar-refractivity contribution in [3.05, 3.63) is 117 Å². The van der Waals surface area contributed by atoms with Crippen LogP contribution in [-0.2, 0) is 26.6 Å². The van der Waals surface area contributed by atoms with Gasteiger partial charge in [0.05, 0.1) is 12.2 Å². The van der Waals surface area contributed by atoms with Gasteiger partial charge in [-0.3, -0.25) is 23.6 Å². The molecule has 5 rings (SSSR count). The maximum absolute atomic E-state index is 13.4. The number of aromatic nitrogens is 5. The Morgan fingerprint density at radius 3 is 2.39 bits per heavy atom. The van der Waals surface area contributed by atoms with Gasteiger partial charge in [-0.25, -0.2) is 4.79 Å². The van der Waals surface area contributed by atoms with Crippen molar-refractivity contribution in [2.24, 2.45) is 13.0 Å². The zero-order valence-corrected chi connectivity index (χ0v) is 21.8. The summed E-state index contributed by atoms with van der Waals surface area (Å²) in [6, 6.07) is 21.9. The van der Waals surface area contributed by atoms with E-state index < -0.39 is 0 Å². The lowest BCUT2D eigenvalue weighted by Gasteiger charge is -2.11. The lowest BCUT2D eigenvalue weighted by molar-refractivity contribution is 0.498. The normalized spacial score (nSPS) is 11.1. The number of rotatable bonds is 6. The summed E-state index contributed by atoms with van der Waals surface area (Å²) >= 11 is 0. The molecule has 0 amide bonds. The SMILES string of the molecule is CC(C)Cn1c(=O)n(C)c(=O)c2c(-c3ccncc3)n(Cc3cccc(C#CCc4ccccc4)c3)nc21. The molecule has 3 heterocycles. The van der Waals surface area contributed by atoms with E-state index >= 15 is 0 Å². The van der Waals surface area contributed by atoms with Gasteiger partial charge >= 0.3 is 5.69 Å². The molecule has 2 aromatic carbocycles. The van der Waals surface area contributed by atoms with Crippen molar-refractivity contribution in [3.63, 3.8) is 0 Å². The minimum absolute atomic E-state index is 0.203. The van der Waals surface area contributed by atoms with E-state index in [0.717, 1.165) is 16.7 Å². The maximum atomic E-state index is 13.4. The number of benzene rings is 2. The van der Waals surface area contributed by atoms with Crippen LogP contribution >= 0.6 is 0 Å². The fourth-order valence-electron chi connectivity index (χ4n) is 4.57. The van der Waals surface area contributed by atoms with Gasteiger partial charge in [-0.2, -0.15) is 5.10 Å². The first-order valence-electron chi connectivity index (χ1n) is 12.6. The minimum Gasteiger partial charge on any atom is -0.276 e. The molecular weight excluding hydrogens is 474 g/mol. The Morgan fingerprint density at radius 2 is 1.66 bits per heavy atom. The highest BCUT2D eigenvalue weighted by Crippen LogP contribution is 2.27. The van der Waals surface area contributed by atoms with Gasteiger partial charge in [0, 0.05) is 43.5 Å². The molecule has 0 spiro atoms. The molecule has 7 heteroatoms. The second-order valence-electron chi connectivity index (χ2n) is 9.76. The van der Waals surface area contributed by atoms with Crippen LogP contribution in [0.3, 0.4) is 0 Å². The summed E-state index contributed by atoms with van der Waals surface area (Å²) < 4.78 is 4.59. The molecule has 7 nitrogen and oxygen atoms in total. The molecule has 0 N–H and O–H groups in total. The summed E-state index contributed by atoms with van der Waals surface area (Å²) in [4.78, 5) is 30.6. The molecule has 5 aromatic rings. The average molecular weight is 504 g/mol. The lowest BCUT2D eigenvalue weighted by atomic mass is 10.1. The second kappa shape index (κ2) is 10.7. The van der Waals surface area contributed by atoms with Crippen molar-refractivity contribution in [2.45, 2.75) is 33.4 Å². The van der Waals surface area contributed by atoms with Crippen LogP contribution in [0.25, 0.3) is 22.3 Å². The van der Waals surface area contributed by atoms with Gasteiger partial charge in [0.25, 0.3) is 5.56 Å². The van der Waals surface area contributed by atoms with Crippen molar-refractivity contribution in [3.8, 4) is 23.1 Å². The highest BCUT2D eigenvalue weighted by Gasteiger charge is 2.22. The monoisotopic (exact) mass is 503 g/mol. The van der Waals surface area contributed by atoms with Crippen molar-refractivity contribution >= 4 is 11.0 Å². The lowest BCUT2D eigenvalue weighted by Crippen LogP contribution is -2.38. The molecule has 0 aliphatic carbocycles. The smallest absolute Gasteiger partial charge is 0.276 e. The van der Waals surface area contributed by atoms with Crippen LogP contribution in [0.4, 0.5) is 0 Å². The van der Waals surface area contributed by atoms with Crippen LogP contribution < -0.4 is 11.2 Å². The third kappa shape index (κ3) is 5.07. The Kier molecular flexibility index (Phi) is 7.05. The van der Waals surface area contributed by atoms with Crippen LogP contribution in [0, 0.1) is 17.8 Å². The van der Waals surface area contributed by atoms with Crippen LogP contribution in [-0.4, -0.2) is 23.9 Å². The molecule has 3 aromatic heterocycles. The predicted octanol–water partition coefficient (Wildman–Crippen LogP) is 4.26. The summed E-state index contributed by atoms with van der Waals surface area (Å²) in [5.74, 6) is 6.71. The van der Waals surface area contributed by atoms with E-state index in [1.165, 1.54) is 17.2 Å². The summed E-state index contributed by atoms with van der Waals surface area (Å²) in [5, 5.41) is 5.27. The van der Waals surface area contributed by atoms with Crippen molar-refractivity contribution in [1.82, 2.24) is 23.9 Å². The third-order valence-electron chi connectivity index (χ3n) is 6.35. The van der Waals surface area contributed by atoms with E-state index in [0.29, 0.717) is 36.2 Å². The Balaban J connectivity index is 1.60. The van der Waals surface area contributed by atoms with E-state index in [-0.39, 0.29) is 17.2 Å². The maximum Gasteiger partial charge on any atom is 0.332 e. The molecule has 0 bridgehead atoms. The zero-order valence-electron chi connectivity index (χ0n) is 21.8. The Labute approximate surface area is 221 Å². The first kappa shape index (κ1) is 25.0. The minimum atomic E-state index is -0.363. The topological polar surface area (TPSA) is 74.7 Å². The largest absolute Gasteiger partial charge is 0.332 e. The molecule has 38 heavy (non-hydrogen) atoms. The Bertz CT molecular complexity index is 1770. The number of fused-ring (bicyclic) bond motifs is 1. The fraction of sp³-hybridized carbons (Fsp3) is 0.226. The number of nitrogens with zero attached hydrogens (tertiary/aromatic N) is 5. The highest BCUT2D eigenvalue weighted by atomic mass is 16.2. The quantitative estimate of drug-likeness (QED) is 0.325. The van der Waals surface area contributed by atoms with Gasteiger partial charge in [0.1, 0.15) is 5.39 Å². The molecular formula is C31H29N5O2. The Hall–Kier alpha value is -4.70. The summed E-state index contributed by atoms with van der Waals surface area (Å²) in [5.41, 5.74) is 4.24. The van der Waals surface area contributed by atoms with E-state index in [2.05, 4.69) is 29.0 Å². The van der Waals surface area contributed by atoms with Gasteiger partial charge < -0.3 is 0 Å². The number of pyridine rings is 1. The van der Waals surface area contributed by atoms with Gasteiger partial charge in [0.15, 0.2) is 5.65 Å². The second-order valence-corrected chi connectivity index (χ2v) is 9.76. The summed E-state index contributed by atoms with van der Waals surface area (Å²) in [6.07, 6.45) is 4.06. The molecule has 0 saturated carbocycles. The molecule has 0 atom stereocenters. The fourth-order valence-corrected chi connectivity index (χ4v) is 4.57. The molecule has 190 valence electrons. The number of hydrogen-bond acceptors (Lipinski definition) is 4. The first-order chi connectivity index (χ1) is 18.4. The highest BCUT2D eigenvalue weighted by molar-refractivity contribution is 5.90.